The fourth-order valence-corrected chi connectivity index (χ4v) is 3.85. The van der Waals surface area contributed by atoms with Gasteiger partial charge in [0.15, 0.2) is 0 Å². The second-order valence-corrected chi connectivity index (χ2v) is 10.3. The third kappa shape index (κ3) is 6.32. The Morgan fingerprint density at radius 2 is 1.23 bits per heavy atom. The van der Waals surface area contributed by atoms with Gasteiger partial charge in [-0.05, 0) is 51.4 Å². The molecule has 130 valence electrons. The summed E-state index contributed by atoms with van der Waals surface area (Å²) in [6.07, 6.45) is 9.08. The van der Waals surface area contributed by atoms with Gasteiger partial charge in [-0.25, -0.2) is 9.13 Å². The minimum absolute atomic E-state index is 0. The number of hydrogen-bond donors (Lipinski definition) is 0. The summed E-state index contributed by atoms with van der Waals surface area (Å²) in [4.78, 5) is 0. The molecule has 0 saturated carbocycles. The van der Waals surface area contributed by atoms with E-state index < -0.39 is 0 Å². The van der Waals surface area contributed by atoms with E-state index in [1.807, 2.05) is 0 Å². The number of imidazole rings is 1. The molecule has 1 aromatic rings. The minimum atomic E-state index is 0. The molecule has 0 aliphatic heterocycles. The standard InChI is InChI=1S/C19H37N2.ClH/c1-16(2,3)13-18(7,8)20-11-12-21(15-20)19(9,10)14-17(4,5)6;/h11-12,15H,13-14H2,1-10H3;1H/q+1;/p-1. The zero-order valence-corrected chi connectivity index (χ0v) is 17.2. The Labute approximate surface area is 144 Å². The summed E-state index contributed by atoms with van der Waals surface area (Å²) in [5, 5.41) is 0. The van der Waals surface area contributed by atoms with Gasteiger partial charge in [0.2, 0.25) is 6.33 Å². The molecule has 3 heteroatoms. The molecule has 1 aromatic heterocycles. The first-order chi connectivity index (χ1) is 9.12. The van der Waals surface area contributed by atoms with Gasteiger partial charge in [-0.1, -0.05) is 41.5 Å². The molecule has 0 fully saturated rings. The normalized spacial score (nSPS) is 13.9. The van der Waals surface area contributed by atoms with Crippen molar-refractivity contribution in [1.82, 2.24) is 4.57 Å². The lowest BCUT2D eigenvalue weighted by Crippen LogP contribution is -3.00. The van der Waals surface area contributed by atoms with Crippen molar-refractivity contribution in [1.29, 1.82) is 0 Å². The Kier molecular flexibility index (Phi) is 6.40. The highest BCUT2D eigenvalue weighted by Gasteiger charge is 2.35. The van der Waals surface area contributed by atoms with Crippen LogP contribution in [0.4, 0.5) is 0 Å². The maximum Gasteiger partial charge on any atom is 0.244 e. The van der Waals surface area contributed by atoms with Gasteiger partial charge in [0.25, 0.3) is 0 Å². The van der Waals surface area contributed by atoms with Gasteiger partial charge < -0.3 is 12.4 Å². The zero-order valence-electron chi connectivity index (χ0n) is 16.4. The van der Waals surface area contributed by atoms with E-state index in [9.17, 15) is 0 Å². The second kappa shape index (κ2) is 6.55. The predicted octanol–water partition coefficient (Wildman–Crippen LogP) is 2.12. The molecule has 0 amide bonds. The minimum Gasteiger partial charge on any atom is -1.00 e. The summed E-state index contributed by atoms with van der Waals surface area (Å²) < 4.78 is 4.76. The van der Waals surface area contributed by atoms with Crippen molar-refractivity contribution in [3.05, 3.63) is 18.7 Å². The highest BCUT2D eigenvalue weighted by atomic mass is 35.5. The predicted molar refractivity (Wildman–Crippen MR) is 91.4 cm³/mol. The van der Waals surface area contributed by atoms with Crippen molar-refractivity contribution < 1.29 is 17.0 Å². The lowest BCUT2D eigenvalue weighted by molar-refractivity contribution is -0.760. The first-order valence-electron chi connectivity index (χ1n) is 8.23. The van der Waals surface area contributed by atoms with Crippen LogP contribution in [0.3, 0.4) is 0 Å². The van der Waals surface area contributed by atoms with Gasteiger partial charge in [-0.15, -0.1) is 0 Å². The molecule has 0 atom stereocenters. The quantitative estimate of drug-likeness (QED) is 0.749. The maximum atomic E-state index is 2.38. The zero-order chi connectivity index (χ0) is 16.7. The van der Waals surface area contributed by atoms with Crippen LogP contribution < -0.4 is 17.0 Å². The fraction of sp³-hybridized carbons (Fsp3) is 0.842. The molecule has 0 radical (unpaired) electrons. The number of rotatable bonds is 4. The Hall–Kier alpha value is -0.500. The van der Waals surface area contributed by atoms with Crippen molar-refractivity contribution in [2.75, 3.05) is 0 Å². The van der Waals surface area contributed by atoms with Gasteiger partial charge in [0, 0.05) is 0 Å². The van der Waals surface area contributed by atoms with Crippen LogP contribution in [0, 0.1) is 10.8 Å². The van der Waals surface area contributed by atoms with Gasteiger partial charge in [-0.2, -0.15) is 0 Å². The van der Waals surface area contributed by atoms with Crippen molar-refractivity contribution in [2.24, 2.45) is 10.8 Å². The molecule has 2 nitrogen and oxygen atoms in total. The van der Waals surface area contributed by atoms with Gasteiger partial charge in [-0.3, -0.25) is 0 Å². The van der Waals surface area contributed by atoms with Crippen molar-refractivity contribution in [3.63, 3.8) is 0 Å². The van der Waals surface area contributed by atoms with E-state index in [4.69, 9.17) is 0 Å². The largest absolute Gasteiger partial charge is 1.00 e. The average Bonchev–Trinajstić information content (AvgIpc) is 2.57. The van der Waals surface area contributed by atoms with Gasteiger partial charge in [0.05, 0.1) is 0 Å². The molecule has 22 heavy (non-hydrogen) atoms. The van der Waals surface area contributed by atoms with Crippen molar-refractivity contribution in [3.8, 4) is 0 Å². The van der Waals surface area contributed by atoms with E-state index in [1.54, 1.807) is 0 Å². The van der Waals surface area contributed by atoms with Crippen LogP contribution in [0.5, 0.6) is 0 Å². The summed E-state index contributed by atoms with van der Waals surface area (Å²) in [7, 11) is 0. The van der Waals surface area contributed by atoms with E-state index in [0.717, 1.165) is 12.8 Å². The lowest BCUT2D eigenvalue weighted by Gasteiger charge is -2.31. The highest BCUT2D eigenvalue weighted by molar-refractivity contribution is 4.87. The third-order valence-corrected chi connectivity index (χ3v) is 3.96. The number of hydrogen-bond acceptors (Lipinski definition) is 0. The molecular weight excluding hydrogens is 292 g/mol. The van der Waals surface area contributed by atoms with E-state index in [-0.39, 0.29) is 23.5 Å². The van der Waals surface area contributed by atoms with Crippen LogP contribution in [-0.4, -0.2) is 4.57 Å². The molecule has 0 aliphatic rings. The Morgan fingerprint density at radius 3 is 1.64 bits per heavy atom. The molecule has 0 bridgehead atoms. The molecule has 0 N–H and O–H groups in total. The molecule has 0 saturated heterocycles. The van der Waals surface area contributed by atoms with E-state index in [1.165, 1.54) is 0 Å². The molecule has 0 unspecified atom stereocenters. The monoisotopic (exact) mass is 328 g/mol. The maximum absolute atomic E-state index is 2.38. The number of halogens is 1. The van der Waals surface area contributed by atoms with E-state index in [2.05, 4.69) is 97.1 Å². The van der Waals surface area contributed by atoms with Crippen LogP contribution in [0.25, 0.3) is 0 Å². The van der Waals surface area contributed by atoms with Gasteiger partial charge >= 0.3 is 0 Å². The summed E-state index contributed by atoms with van der Waals surface area (Å²) in [5.41, 5.74) is 0.946. The smallest absolute Gasteiger partial charge is 0.244 e. The SMILES string of the molecule is CC(C)(C)CC(C)(C)n1cc[n+](C(C)(C)CC(C)(C)C)c1.[Cl-]. The van der Waals surface area contributed by atoms with Crippen LogP contribution >= 0.6 is 0 Å². The van der Waals surface area contributed by atoms with E-state index in [0.29, 0.717) is 10.8 Å². The summed E-state index contributed by atoms with van der Waals surface area (Å²) in [6.45, 7) is 23.2. The van der Waals surface area contributed by atoms with Crippen molar-refractivity contribution >= 4 is 0 Å². The number of aromatic nitrogens is 2. The first-order valence-corrected chi connectivity index (χ1v) is 8.23. The fourth-order valence-electron chi connectivity index (χ4n) is 3.85. The average molecular weight is 329 g/mol. The molecule has 0 aliphatic carbocycles. The molecule has 1 rings (SSSR count). The van der Waals surface area contributed by atoms with Gasteiger partial charge in [0.1, 0.15) is 23.5 Å². The lowest BCUT2D eigenvalue weighted by atomic mass is 9.81. The summed E-state index contributed by atoms with van der Waals surface area (Å²) in [5.74, 6) is 0. The second-order valence-electron chi connectivity index (χ2n) is 10.3. The Morgan fingerprint density at radius 1 is 0.773 bits per heavy atom. The summed E-state index contributed by atoms with van der Waals surface area (Å²) >= 11 is 0. The first kappa shape index (κ1) is 21.5. The third-order valence-electron chi connectivity index (χ3n) is 3.96. The number of nitrogens with zero attached hydrogens (tertiary/aromatic N) is 2. The molecule has 1 heterocycles. The van der Waals surface area contributed by atoms with Crippen LogP contribution in [0.2, 0.25) is 0 Å². The summed E-state index contributed by atoms with van der Waals surface area (Å²) in [6, 6.07) is 0. The van der Waals surface area contributed by atoms with E-state index >= 15 is 0 Å². The Balaban J connectivity index is 0.00000441. The topological polar surface area (TPSA) is 8.81 Å². The molecular formula is C19H37ClN2. The molecule has 0 aromatic carbocycles. The van der Waals surface area contributed by atoms with Crippen LogP contribution in [0.15, 0.2) is 18.7 Å². The van der Waals surface area contributed by atoms with Crippen LogP contribution in [-0.2, 0) is 11.1 Å². The molecule has 0 spiro atoms. The van der Waals surface area contributed by atoms with Crippen molar-refractivity contribution in [2.45, 2.75) is 93.2 Å². The van der Waals surface area contributed by atoms with Crippen LogP contribution in [0.1, 0.15) is 82.1 Å². The Bertz CT molecular complexity index is 428. The highest BCUT2D eigenvalue weighted by Crippen LogP contribution is 2.32.